The van der Waals surface area contributed by atoms with E-state index >= 15 is 0 Å². The van der Waals surface area contributed by atoms with E-state index in [0.29, 0.717) is 5.56 Å². The number of benzene rings is 1. The lowest BCUT2D eigenvalue weighted by molar-refractivity contribution is -0.220. The second kappa shape index (κ2) is 8.02. The molecule has 0 spiro atoms. The topological polar surface area (TPSA) is 157 Å². The zero-order valence-corrected chi connectivity index (χ0v) is 14.0. The van der Waals surface area contributed by atoms with Crippen molar-refractivity contribution in [2.75, 3.05) is 7.11 Å². The van der Waals surface area contributed by atoms with Crippen LogP contribution in [-0.4, -0.2) is 73.9 Å². The summed E-state index contributed by atoms with van der Waals surface area (Å²) in [5.41, 5.74) is -1.66. The minimum atomic E-state index is -2.25. The highest BCUT2D eigenvalue weighted by molar-refractivity contribution is 5.77. The van der Waals surface area contributed by atoms with E-state index in [1.807, 2.05) is 0 Å². The van der Waals surface area contributed by atoms with Crippen molar-refractivity contribution in [3.63, 3.8) is 0 Å². The molecule has 0 heterocycles. The predicted molar refractivity (Wildman–Crippen MR) is 88.4 cm³/mol. The molecule has 9 nitrogen and oxygen atoms in total. The quantitative estimate of drug-likeness (QED) is 0.361. The van der Waals surface area contributed by atoms with Gasteiger partial charge in [0.15, 0.2) is 23.4 Å². The van der Waals surface area contributed by atoms with E-state index in [1.165, 1.54) is 31.4 Å². The van der Waals surface area contributed by atoms with Gasteiger partial charge in [-0.05, 0) is 23.8 Å². The number of carbonyl (C=O) groups is 1. The highest BCUT2D eigenvalue weighted by Gasteiger charge is 2.49. The summed E-state index contributed by atoms with van der Waals surface area (Å²) >= 11 is 0. The van der Waals surface area contributed by atoms with Crippen LogP contribution in [0, 0.1) is 0 Å². The van der Waals surface area contributed by atoms with Crippen molar-refractivity contribution in [1.82, 2.24) is 0 Å². The monoisotopic (exact) mass is 370 g/mol. The lowest BCUT2D eigenvalue weighted by atomic mass is 9.79. The molecule has 1 aromatic carbocycles. The third-order valence-corrected chi connectivity index (χ3v) is 4.20. The Morgan fingerprint density at radius 3 is 2.46 bits per heavy atom. The first kappa shape index (κ1) is 20.1. The van der Waals surface area contributed by atoms with Crippen LogP contribution in [0.4, 0.5) is 0 Å². The van der Waals surface area contributed by atoms with E-state index in [1.54, 1.807) is 6.07 Å². The summed E-state index contributed by atoms with van der Waals surface area (Å²) in [5.74, 6) is -1.34. The highest BCUT2D eigenvalue weighted by Crippen LogP contribution is 2.32. The van der Waals surface area contributed by atoms with E-state index in [9.17, 15) is 30.3 Å². The van der Waals surface area contributed by atoms with E-state index in [-0.39, 0.29) is 11.5 Å². The van der Waals surface area contributed by atoms with Crippen LogP contribution < -0.4 is 4.74 Å². The number of carboxylic acids is 1. The lowest BCUT2D eigenvalue weighted by Crippen LogP contribution is -2.57. The maximum Gasteiger partial charge on any atom is 0.335 e. The standard InChI is InChI=1S/C17H22O9/c1-25-13-6-9(2-4-10(13)18)3-5-14(21)26-15-11(19)7-17(24,16(22)23)8-12(15)20/h2-6,11-12,14-15,18-21,24H,7-8H2,1H3,(H,22,23). The molecule has 1 aromatic rings. The molecule has 26 heavy (non-hydrogen) atoms. The molecule has 3 atom stereocenters. The van der Waals surface area contributed by atoms with Crippen LogP contribution in [0.5, 0.6) is 11.5 Å². The minimum absolute atomic E-state index is 0.0409. The van der Waals surface area contributed by atoms with E-state index < -0.39 is 49.0 Å². The van der Waals surface area contributed by atoms with Gasteiger partial charge in [-0.1, -0.05) is 12.1 Å². The summed E-state index contributed by atoms with van der Waals surface area (Å²) < 4.78 is 10.1. The Morgan fingerprint density at radius 2 is 1.92 bits per heavy atom. The number of aromatic hydroxyl groups is 1. The number of aliphatic hydroxyl groups excluding tert-OH is 3. The maximum absolute atomic E-state index is 11.0. The van der Waals surface area contributed by atoms with Gasteiger partial charge < -0.3 is 40.1 Å². The Kier molecular flexibility index (Phi) is 6.21. The molecular formula is C17H22O9. The van der Waals surface area contributed by atoms with Gasteiger partial charge in [-0.3, -0.25) is 0 Å². The Labute approximate surface area is 149 Å². The first-order valence-corrected chi connectivity index (χ1v) is 7.87. The molecular weight excluding hydrogens is 348 g/mol. The fourth-order valence-electron chi connectivity index (χ4n) is 2.82. The van der Waals surface area contributed by atoms with Gasteiger partial charge in [-0.2, -0.15) is 0 Å². The van der Waals surface area contributed by atoms with Gasteiger partial charge in [-0.15, -0.1) is 0 Å². The number of rotatable bonds is 6. The normalized spacial score (nSPS) is 30.3. The smallest absolute Gasteiger partial charge is 0.335 e. The van der Waals surface area contributed by atoms with E-state index in [4.69, 9.17) is 14.6 Å². The summed E-state index contributed by atoms with van der Waals surface area (Å²) in [6.07, 6.45) is -4.06. The van der Waals surface area contributed by atoms with Crippen LogP contribution in [-0.2, 0) is 9.53 Å². The van der Waals surface area contributed by atoms with E-state index in [2.05, 4.69) is 0 Å². The second-order valence-electron chi connectivity index (χ2n) is 6.16. The third-order valence-electron chi connectivity index (χ3n) is 4.20. The van der Waals surface area contributed by atoms with Gasteiger partial charge in [0.25, 0.3) is 0 Å². The molecule has 0 amide bonds. The molecule has 0 bridgehead atoms. The van der Waals surface area contributed by atoms with Crippen molar-refractivity contribution in [2.24, 2.45) is 0 Å². The summed E-state index contributed by atoms with van der Waals surface area (Å²) in [6, 6.07) is 4.50. The molecule has 0 radical (unpaired) electrons. The third kappa shape index (κ3) is 4.51. The SMILES string of the molecule is COc1cc(C=CC(O)OC2C(O)CC(O)(C(=O)O)CC2O)ccc1O. The van der Waals surface area contributed by atoms with Crippen molar-refractivity contribution in [3.8, 4) is 11.5 Å². The van der Waals surface area contributed by atoms with Gasteiger partial charge in [0, 0.05) is 12.8 Å². The average molecular weight is 370 g/mol. The van der Waals surface area contributed by atoms with Gasteiger partial charge in [0.2, 0.25) is 0 Å². The molecule has 1 aliphatic carbocycles. The van der Waals surface area contributed by atoms with E-state index in [0.717, 1.165) is 0 Å². The average Bonchev–Trinajstić information content (AvgIpc) is 2.57. The molecule has 9 heteroatoms. The fourth-order valence-corrected chi connectivity index (χ4v) is 2.82. The van der Waals surface area contributed by atoms with Crippen LogP contribution in [0.25, 0.3) is 6.08 Å². The first-order valence-electron chi connectivity index (χ1n) is 7.87. The number of hydrogen-bond donors (Lipinski definition) is 6. The highest BCUT2D eigenvalue weighted by atomic mass is 16.6. The van der Waals surface area contributed by atoms with Crippen molar-refractivity contribution in [3.05, 3.63) is 29.8 Å². The Hall–Kier alpha value is -2.17. The van der Waals surface area contributed by atoms with Crippen LogP contribution in [0.3, 0.4) is 0 Å². The number of aliphatic hydroxyl groups is 4. The van der Waals surface area contributed by atoms with Gasteiger partial charge in [0.05, 0.1) is 19.3 Å². The van der Waals surface area contributed by atoms with Crippen LogP contribution in [0.2, 0.25) is 0 Å². The van der Waals surface area contributed by atoms with Gasteiger partial charge in [0.1, 0.15) is 6.10 Å². The fraction of sp³-hybridized carbons (Fsp3) is 0.471. The summed E-state index contributed by atoms with van der Waals surface area (Å²) in [5, 5.41) is 58.2. The first-order chi connectivity index (χ1) is 12.2. The number of ether oxygens (including phenoxy) is 2. The van der Waals surface area contributed by atoms with Crippen LogP contribution >= 0.6 is 0 Å². The molecule has 0 saturated heterocycles. The Bertz CT molecular complexity index is 660. The molecule has 144 valence electrons. The van der Waals surface area contributed by atoms with Crippen molar-refractivity contribution in [1.29, 1.82) is 0 Å². The van der Waals surface area contributed by atoms with Gasteiger partial charge >= 0.3 is 5.97 Å². The summed E-state index contributed by atoms with van der Waals surface area (Å²) in [7, 11) is 1.39. The molecule has 0 aliphatic heterocycles. The molecule has 3 unspecified atom stereocenters. The van der Waals surface area contributed by atoms with Crippen molar-refractivity contribution >= 4 is 12.0 Å². The zero-order chi connectivity index (χ0) is 19.5. The molecule has 2 rings (SSSR count). The number of hydrogen-bond acceptors (Lipinski definition) is 8. The summed E-state index contributed by atoms with van der Waals surface area (Å²) in [4.78, 5) is 11.0. The number of aliphatic carboxylic acids is 1. The Morgan fingerprint density at radius 1 is 1.31 bits per heavy atom. The van der Waals surface area contributed by atoms with Crippen LogP contribution in [0.15, 0.2) is 24.3 Å². The summed E-state index contributed by atoms with van der Waals surface area (Å²) in [6.45, 7) is 0. The lowest BCUT2D eigenvalue weighted by Gasteiger charge is -2.40. The molecule has 1 saturated carbocycles. The maximum atomic E-state index is 11.0. The predicted octanol–water partition coefficient (Wildman–Crippen LogP) is -0.551. The number of methoxy groups -OCH3 is 1. The molecule has 1 aliphatic rings. The minimum Gasteiger partial charge on any atom is -0.504 e. The van der Waals surface area contributed by atoms with Crippen LogP contribution in [0.1, 0.15) is 18.4 Å². The number of phenolic OH excluding ortho intramolecular Hbond substituents is 1. The Balaban J connectivity index is 2.01. The largest absolute Gasteiger partial charge is 0.504 e. The molecule has 1 fully saturated rings. The molecule has 6 N–H and O–H groups in total. The second-order valence-corrected chi connectivity index (χ2v) is 6.16. The zero-order valence-electron chi connectivity index (χ0n) is 14.0. The number of carboxylic acid groups (broad SMARTS) is 1. The van der Waals surface area contributed by atoms with Crippen molar-refractivity contribution in [2.45, 2.75) is 43.0 Å². The number of phenols is 1. The van der Waals surface area contributed by atoms with Gasteiger partial charge in [-0.25, -0.2) is 4.79 Å². The molecule has 0 aromatic heterocycles. The van der Waals surface area contributed by atoms with Crippen molar-refractivity contribution < 1.29 is 44.9 Å².